The zero-order valence-corrected chi connectivity index (χ0v) is 16.6. The molecular weight excluding hydrogens is 638 g/mol. The van der Waals surface area contributed by atoms with Gasteiger partial charge in [-0.1, -0.05) is 0 Å². The van der Waals surface area contributed by atoms with Gasteiger partial charge in [-0.05, 0) is 0 Å². The largest absolute Gasteiger partial charge is 3.00 e. The van der Waals surface area contributed by atoms with Gasteiger partial charge in [0.2, 0.25) is 0 Å². The van der Waals surface area contributed by atoms with Crippen molar-refractivity contribution in [2.75, 3.05) is 0 Å². The molecule has 12 nitrogen and oxygen atoms in total. The molecule has 17 heteroatoms. The molecular formula is Cr3O12Pm2. The van der Waals surface area contributed by atoms with Crippen molar-refractivity contribution >= 4 is 0 Å². The van der Waals surface area contributed by atoms with Crippen LogP contribution in [0.1, 0.15) is 0 Å². The molecule has 0 radical (unpaired) electrons. The van der Waals surface area contributed by atoms with Crippen molar-refractivity contribution in [3.8, 4) is 0 Å². The first-order valence-corrected chi connectivity index (χ1v) is 8.25. The molecule has 0 N–H and O–H groups in total. The molecule has 0 amide bonds. The average Bonchev–Trinajstić information content (AvgIpc) is 1.41. The Bertz CT molecular complexity index is 341. The van der Waals surface area contributed by atoms with Crippen LogP contribution < -0.4 is 24.9 Å². The summed E-state index contributed by atoms with van der Waals surface area (Å²) in [5.74, 6) is 0. The third-order valence-corrected chi connectivity index (χ3v) is 0. The Morgan fingerprint density at radius 3 is 0.412 bits per heavy atom. The SMILES string of the molecule is [O]=[Cr](=[O])([O-])[O-].[O]=[Cr](=[O])([O-])[O-].[O]=[Cr](=[O])([O-])[O-].[Pm+3].[Pm+3]. The standard InChI is InChI=1S/3Cr.12O.2Pm/q;;;;;;;;;6*-1;2*+3. The zero-order valence-electron chi connectivity index (χ0n) is 7.02. The van der Waals surface area contributed by atoms with E-state index in [0.717, 1.165) is 0 Å². The van der Waals surface area contributed by atoms with E-state index in [1.54, 1.807) is 0 Å². The summed E-state index contributed by atoms with van der Waals surface area (Å²) in [5, 5.41) is 0. The molecule has 0 saturated carbocycles. The Morgan fingerprint density at radius 1 is 0.412 bits per heavy atom. The summed E-state index contributed by atoms with van der Waals surface area (Å²) in [6.45, 7) is 0. The van der Waals surface area contributed by atoms with E-state index in [2.05, 4.69) is 0 Å². The van der Waals surface area contributed by atoms with Crippen molar-refractivity contribution < 1.29 is 169 Å². The fourth-order valence-electron chi connectivity index (χ4n) is 0. The maximum absolute atomic E-state index is 8.59. The second kappa shape index (κ2) is 13.8. The first kappa shape index (κ1) is 32.0. The topological polar surface area (TPSA) is 241 Å². The molecule has 0 bridgehead atoms. The van der Waals surface area contributed by atoms with Gasteiger partial charge in [0.05, 0.1) is 0 Å². The van der Waals surface area contributed by atoms with Gasteiger partial charge in [0.1, 0.15) is 0 Å². The summed E-state index contributed by atoms with van der Waals surface area (Å²) in [6, 6.07) is 0. The van der Waals surface area contributed by atoms with E-state index >= 15 is 0 Å². The molecule has 0 aromatic heterocycles. The second-order valence-electron chi connectivity index (χ2n) is 1.22. The van der Waals surface area contributed by atoms with Crippen LogP contribution in [0.15, 0.2) is 0 Å². The van der Waals surface area contributed by atoms with Crippen LogP contribution in [0.4, 0.5) is 0 Å². The summed E-state index contributed by atoms with van der Waals surface area (Å²) in [4.78, 5) is 0. The first-order valence-electron chi connectivity index (χ1n) is 2.00. The minimum Gasteiger partial charge on any atom is 3.00 e. The third kappa shape index (κ3) is 665. The smallest absolute Gasteiger partial charge is 3.00 e. The fraction of sp³-hybridized carbons (Fsp3) is 0. The minimum absolute atomic E-state index is 0. The van der Waals surface area contributed by atoms with Crippen molar-refractivity contribution in [2.24, 2.45) is 0 Å². The molecule has 0 unspecified atom stereocenters. The van der Waals surface area contributed by atoms with Gasteiger partial charge in [0, 0.05) is 0 Å². The van der Waals surface area contributed by atoms with E-state index in [9.17, 15) is 0 Å². The van der Waals surface area contributed by atoms with E-state index in [1.807, 2.05) is 0 Å². The van der Waals surface area contributed by atoms with Crippen molar-refractivity contribution in [3.63, 3.8) is 0 Å². The molecule has 0 aromatic rings. The maximum atomic E-state index is 8.59. The Labute approximate surface area is 166 Å². The predicted molar refractivity (Wildman–Crippen MR) is 4.12 cm³/mol. The van der Waals surface area contributed by atoms with Crippen LogP contribution in [0.5, 0.6) is 0 Å². The molecule has 0 spiro atoms. The molecule has 0 aliphatic rings. The van der Waals surface area contributed by atoms with Gasteiger partial charge in [-0.3, -0.25) is 0 Å². The van der Waals surface area contributed by atoms with Crippen LogP contribution in [0, 0.1) is 80.8 Å². The number of rotatable bonds is 0. The molecule has 0 aromatic carbocycles. The number of hydrogen-bond acceptors (Lipinski definition) is 12. The van der Waals surface area contributed by atoms with Gasteiger partial charge in [0.15, 0.2) is 0 Å². The molecule has 0 rings (SSSR count). The average molecular weight is 638 g/mol. The predicted octanol–water partition coefficient (Wildman–Crippen LogP) is -7.85. The maximum Gasteiger partial charge on any atom is 3.00 e. The molecule has 0 aliphatic carbocycles. The van der Waals surface area contributed by atoms with E-state index in [1.165, 1.54) is 0 Å². The normalized spacial score (nSPS) is 10.2. The molecule has 0 atom stereocenters. The van der Waals surface area contributed by atoms with Gasteiger partial charge in [-0.25, -0.2) is 0 Å². The van der Waals surface area contributed by atoms with Gasteiger partial charge in [0.25, 0.3) is 0 Å². The Balaban J connectivity index is -0.0000000400. The fourth-order valence-corrected chi connectivity index (χ4v) is 0. The van der Waals surface area contributed by atoms with Crippen molar-refractivity contribution in [3.05, 3.63) is 0 Å². The van der Waals surface area contributed by atoms with Crippen molar-refractivity contribution in [2.45, 2.75) is 0 Å². The van der Waals surface area contributed by atoms with E-state index in [-0.39, 0.29) is 80.8 Å². The van der Waals surface area contributed by atoms with Crippen molar-refractivity contribution in [1.82, 2.24) is 0 Å². The summed E-state index contributed by atoms with van der Waals surface area (Å²) in [6.07, 6.45) is 0. The molecule has 100 valence electrons. The van der Waals surface area contributed by atoms with E-state index < -0.39 is 40.8 Å². The molecule has 0 heterocycles. The zero-order chi connectivity index (χ0) is 13.5. The Morgan fingerprint density at radius 2 is 0.412 bits per heavy atom. The van der Waals surface area contributed by atoms with E-state index in [4.69, 9.17) is 47.8 Å². The van der Waals surface area contributed by atoms with E-state index in [0.29, 0.717) is 0 Å². The summed E-state index contributed by atoms with van der Waals surface area (Å²) < 4.78 is 103. The molecule has 0 aliphatic heterocycles. The van der Waals surface area contributed by atoms with Crippen LogP contribution in [0.3, 0.4) is 0 Å². The minimum atomic E-state index is -5.75. The second-order valence-corrected chi connectivity index (χ2v) is 5.05. The van der Waals surface area contributed by atoms with Crippen LogP contribution in [0.2, 0.25) is 0 Å². The molecule has 0 saturated heterocycles. The van der Waals surface area contributed by atoms with Gasteiger partial charge < -0.3 is 0 Å². The molecule has 0 fully saturated rings. The summed E-state index contributed by atoms with van der Waals surface area (Å²) in [5.41, 5.74) is 0. The Hall–Kier alpha value is 2.83. The number of hydrogen-bond donors (Lipinski definition) is 0. The van der Waals surface area contributed by atoms with Crippen molar-refractivity contribution in [1.29, 1.82) is 0 Å². The first-order chi connectivity index (χ1) is 6.00. The van der Waals surface area contributed by atoms with Gasteiger partial charge in [-0.15, -0.1) is 0 Å². The van der Waals surface area contributed by atoms with Crippen LogP contribution in [-0.2, 0) is 63.7 Å². The summed E-state index contributed by atoms with van der Waals surface area (Å²) >= 11 is -17.2. The monoisotopic (exact) mass is 638 g/mol. The Kier molecular flexibility index (Phi) is 26.0. The molecule has 17 heavy (non-hydrogen) atoms. The van der Waals surface area contributed by atoms with Crippen LogP contribution in [-0.4, -0.2) is 0 Å². The van der Waals surface area contributed by atoms with Crippen LogP contribution in [0.25, 0.3) is 0 Å². The third-order valence-electron chi connectivity index (χ3n) is 0. The van der Waals surface area contributed by atoms with Crippen LogP contribution >= 0.6 is 0 Å². The quantitative estimate of drug-likeness (QED) is 0.240. The summed E-state index contributed by atoms with van der Waals surface area (Å²) in [7, 11) is 0. The van der Waals surface area contributed by atoms with Gasteiger partial charge in [-0.2, -0.15) is 0 Å². The van der Waals surface area contributed by atoms with Gasteiger partial charge >= 0.3 is 169 Å².